The van der Waals surface area contributed by atoms with Gasteiger partial charge >= 0.3 is 0 Å². The van der Waals surface area contributed by atoms with E-state index in [1.54, 1.807) is 11.8 Å². The molecule has 6 heteroatoms. The summed E-state index contributed by atoms with van der Waals surface area (Å²) in [6.45, 7) is 2.71. The molecule has 1 unspecified atom stereocenters. The molecule has 1 atom stereocenters. The monoisotopic (exact) mass is 338 g/mol. The minimum absolute atomic E-state index is 0.258. The van der Waals surface area contributed by atoms with Gasteiger partial charge in [-0.1, -0.05) is 12.1 Å². The number of rotatable bonds is 5. The lowest BCUT2D eigenvalue weighted by atomic mass is 10.1. The van der Waals surface area contributed by atoms with E-state index in [2.05, 4.69) is 59.4 Å². The Kier molecular flexibility index (Phi) is 6.92. The molecule has 1 aliphatic heterocycles. The summed E-state index contributed by atoms with van der Waals surface area (Å²) in [5, 5.41) is 0. The SMILES string of the molecule is CSc1ccc(C(CN=C(N)N2CCSCC2)N(C)C)cc1. The fourth-order valence-electron chi connectivity index (χ4n) is 2.47. The van der Waals surface area contributed by atoms with Gasteiger partial charge < -0.3 is 15.5 Å². The number of likely N-dealkylation sites (N-methyl/N-ethyl adjacent to an activating group) is 1. The molecule has 0 aliphatic carbocycles. The van der Waals surface area contributed by atoms with E-state index in [4.69, 9.17) is 5.73 Å². The van der Waals surface area contributed by atoms with Crippen LogP contribution in [0.1, 0.15) is 11.6 Å². The van der Waals surface area contributed by atoms with Gasteiger partial charge in [0.05, 0.1) is 12.6 Å². The van der Waals surface area contributed by atoms with Gasteiger partial charge in [-0.05, 0) is 38.0 Å². The maximum atomic E-state index is 6.17. The Morgan fingerprint density at radius 3 is 2.50 bits per heavy atom. The molecule has 1 aliphatic rings. The summed E-state index contributed by atoms with van der Waals surface area (Å²) in [5.74, 6) is 2.97. The minimum Gasteiger partial charge on any atom is -0.370 e. The van der Waals surface area contributed by atoms with Gasteiger partial charge in [0, 0.05) is 29.5 Å². The highest BCUT2D eigenvalue weighted by Gasteiger charge is 2.16. The van der Waals surface area contributed by atoms with E-state index < -0.39 is 0 Å². The number of nitrogens with zero attached hydrogens (tertiary/aromatic N) is 3. The molecule has 1 saturated heterocycles. The number of guanidine groups is 1. The summed E-state index contributed by atoms with van der Waals surface area (Å²) in [7, 11) is 4.19. The number of aliphatic imine (C=N–C) groups is 1. The summed E-state index contributed by atoms with van der Waals surface area (Å²) in [6.07, 6.45) is 2.10. The Labute approximate surface area is 142 Å². The first kappa shape index (κ1) is 17.5. The first-order valence-corrected chi connectivity index (χ1v) is 9.92. The summed E-state index contributed by atoms with van der Waals surface area (Å²) >= 11 is 3.75. The summed E-state index contributed by atoms with van der Waals surface area (Å²) in [4.78, 5) is 10.3. The van der Waals surface area contributed by atoms with Crippen LogP contribution in [0.25, 0.3) is 0 Å². The first-order valence-electron chi connectivity index (χ1n) is 7.55. The predicted octanol–water partition coefficient (Wildman–Crippen LogP) is 2.37. The molecule has 0 aromatic heterocycles. The van der Waals surface area contributed by atoms with Crippen LogP contribution in [0.3, 0.4) is 0 Å². The Balaban J connectivity index is 2.04. The quantitative estimate of drug-likeness (QED) is 0.507. The lowest BCUT2D eigenvalue weighted by Gasteiger charge is -2.28. The molecule has 0 amide bonds. The van der Waals surface area contributed by atoms with E-state index in [1.807, 2.05) is 11.8 Å². The van der Waals surface area contributed by atoms with Crippen molar-refractivity contribution in [1.82, 2.24) is 9.80 Å². The second kappa shape index (κ2) is 8.70. The molecule has 4 nitrogen and oxygen atoms in total. The molecule has 1 fully saturated rings. The Morgan fingerprint density at radius 1 is 1.32 bits per heavy atom. The van der Waals surface area contributed by atoms with Crippen molar-refractivity contribution in [3.05, 3.63) is 29.8 Å². The molecular weight excluding hydrogens is 312 g/mol. The Hall–Kier alpha value is -0.850. The number of thioether (sulfide) groups is 2. The molecule has 1 aromatic rings. The zero-order valence-electron chi connectivity index (χ0n) is 13.7. The van der Waals surface area contributed by atoms with E-state index in [0.29, 0.717) is 12.5 Å². The molecular formula is C16H26N4S2. The average Bonchev–Trinajstić information content (AvgIpc) is 2.56. The number of hydrogen-bond acceptors (Lipinski definition) is 4. The van der Waals surface area contributed by atoms with Crippen LogP contribution in [-0.4, -0.2) is 67.3 Å². The van der Waals surface area contributed by atoms with E-state index in [1.165, 1.54) is 10.5 Å². The first-order chi connectivity index (χ1) is 10.6. The third-order valence-electron chi connectivity index (χ3n) is 3.89. The van der Waals surface area contributed by atoms with Crippen molar-refractivity contribution >= 4 is 29.5 Å². The lowest BCUT2D eigenvalue weighted by molar-refractivity contribution is 0.305. The molecule has 122 valence electrons. The van der Waals surface area contributed by atoms with Crippen molar-refractivity contribution in [1.29, 1.82) is 0 Å². The Morgan fingerprint density at radius 2 is 1.95 bits per heavy atom. The van der Waals surface area contributed by atoms with Crippen LogP contribution in [0.5, 0.6) is 0 Å². The van der Waals surface area contributed by atoms with Crippen LogP contribution in [0.2, 0.25) is 0 Å². The second-order valence-corrected chi connectivity index (χ2v) is 7.66. The number of nitrogens with two attached hydrogens (primary N) is 1. The summed E-state index contributed by atoms with van der Waals surface area (Å²) < 4.78 is 0. The average molecular weight is 339 g/mol. The molecule has 2 N–H and O–H groups in total. The van der Waals surface area contributed by atoms with Crippen molar-refractivity contribution in [3.8, 4) is 0 Å². The topological polar surface area (TPSA) is 44.9 Å². The maximum Gasteiger partial charge on any atom is 0.191 e. The van der Waals surface area contributed by atoms with E-state index >= 15 is 0 Å². The fraction of sp³-hybridized carbons (Fsp3) is 0.562. The molecule has 0 bridgehead atoms. The normalized spacial score (nSPS) is 17.8. The summed E-state index contributed by atoms with van der Waals surface area (Å²) in [6, 6.07) is 8.99. The van der Waals surface area contributed by atoms with Crippen LogP contribution in [0.4, 0.5) is 0 Å². The summed E-state index contributed by atoms with van der Waals surface area (Å²) in [5.41, 5.74) is 7.45. The van der Waals surface area contributed by atoms with Crippen molar-refractivity contribution in [2.75, 3.05) is 51.5 Å². The smallest absolute Gasteiger partial charge is 0.191 e. The van der Waals surface area contributed by atoms with Gasteiger partial charge in [0.2, 0.25) is 0 Å². The zero-order valence-corrected chi connectivity index (χ0v) is 15.3. The molecule has 1 aromatic carbocycles. The zero-order chi connectivity index (χ0) is 15.9. The van der Waals surface area contributed by atoms with Gasteiger partial charge in [-0.15, -0.1) is 11.8 Å². The van der Waals surface area contributed by atoms with Crippen molar-refractivity contribution in [3.63, 3.8) is 0 Å². The Bertz CT molecular complexity index is 481. The third kappa shape index (κ3) is 4.83. The molecule has 0 spiro atoms. The highest BCUT2D eigenvalue weighted by Crippen LogP contribution is 2.22. The van der Waals surface area contributed by atoms with Crippen molar-refractivity contribution < 1.29 is 0 Å². The fourth-order valence-corrected chi connectivity index (χ4v) is 3.78. The van der Waals surface area contributed by atoms with Crippen LogP contribution in [0.15, 0.2) is 34.2 Å². The number of hydrogen-bond donors (Lipinski definition) is 1. The van der Waals surface area contributed by atoms with Gasteiger partial charge in [0.25, 0.3) is 0 Å². The van der Waals surface area contributed by atoms with Gasteiger partial charge in [-0.2, -0.15) is 11.8 Å². The molecule has 2 rings (SSSR count). The highest BCUT2D eigenvalue weighted by atomic mass is 32.2. The van der Waals surface area contributed by atoms with Crippen molar-refractivity contribution in [2.24, 2.45) is 10.7 Å². The third-order valence-corrected chi connectivity index (χ3v) is 5.57. The maximum absolute atomic E-state index is 6.17. The predicted molar refractivity (Wildman–Crippen MR) is 100 cm³/mol. The highest BCUT2D eigenvalue weighted by molar-refractivity contribution is 7.99. The second-order valence-electron chi connectivity index (χ2n) is 5.55. The van der Waals surface area contributed by atoms with E-state index in [0.717, 1.165) is 24.6 Å². The standard InChI is InChI=1S/C16H26N4S2/c1-19(2)15(13-4-6-14(21-3)7-5-13)12-18-16(17)20-8-10-22-11-9-20/h4-7,15H,8-12H2,1-3H3,(H2,17,18). The van der Waals surface area contributed by atoms with Crippen LogP contribution < -0.4 is 5.73 Å². The van der Waals surface area contributed by atoms with Crippen molar-refractivity contribution in [2.45, 2.75) is 10.9 Å². The van der Waals surface area contributed by atoms with E-state index in [-0.39, 0.29) is 6.04 Å². The van der Waals surface area contributed by atoms with Gasteiger partial charge in [0.1, 0.15) is 0 Å². The van der Waals surface area contributed by atoms with Gasteiger partial charge in [0.15, 0.2) is 5.96 Å². The van der Waals surface area contributed by atoms with Crippen LogP contribution in [0, 0.1) is 0 Å². The van der Waals surface area contributed by atoms with E-state index in [9.17, 15) is 0 Å². The van der Waals surface area contributed by atoms with Crippen LogP contribution in [-0.2, 0) is 0 Å². The largest absolute Gasteiger partial charge is 0.370 e. The van der Waals surface area contributed by atoms with Gasteiger partial charge in [-0.25, -0.2) is 0 Å². The minimum atomic E-state index is 0.258. The van der Waals surface area contributed by atoms with Crippen LogP contribution >= 0.6 is 23.5 Å². The number of benzene rings is 1. The lowest BCUT2D eigenvalue weighted by Crippen LogP contribution is -2.43. The molecule has 0 radical (unpaired) electrons. The molecule has 1 heterocycles. The molecule has 0 saturated carbocycles. The molecule has 22 heavy (non-hydrogen) atoms. The van der Waals surface area contributed by atoms with Gasteiger partial charge in [-0.3, -0.25) is 4.99 Å².